The lowest BCUT2D eigenvalue weighted by Gasteiger charge is -2.27. The van der Waals surface area contributed by atoms with Crippen LogP contribution in [-0.4, -0.2) is 36.1 Å². The fourth-order valence-corrected chi connectivity index (χ4v) is 3.40. The van der Waals surface area contributed by atoms with Crippen molar-refractivity contribution < 1.29 is 0 Å². The molecule has 0 radical (unpaired) electrons. The minimum absolute atomic E-state index is 1.05. The zero-order chi connectivity index (χ0) is 13.9. The van der Waals surface area contributed by atoms with E-state index in [0.717, 1.165) is 43.4 Å². The fourth-order valence-electron chi connectivity index (χ4n) is 2.48. The molecular formula is C16H21N3S. The van der Waals surface area contributed by atoms with Gasteiger partial charge in [0.15, 0.2) is 0 Å². The van der Waals surface area contributed by atoms with Crippen molar-refractivity contribution in [3.8, 4) is 10.6 Å². The van der Waals surface area contributed by atoms with Crippen molar-refractivity contribution in [2.45, 2.75) is 20.4 Å². The first kappa shape index (κ1) is 13.7. The van der Waals surface area contributed by atoms with Crippen molar-refractivity contribution in [3.63, 3.8) is 0 Å². The molecular weight excluding hydrogens is 266 g/mol. The number of benzene rings is 1. The van der Waals surface area contributed by atoms with Gasteiger partial charge in [0.25, 0.3) is 0 Å². The molecule has 1 aliphatic rings. The molecule has 1 aliphatic heterocycles. The van der Waals surface area contributed by atoms with Gasteiger partial charge in [0, 0.05) is 43.2 Å². The number of rotatable bonds is 3. The van der Waals surface area contributed by atoms with Gasteiger partial charge < -0.3 is 5.32 Å². The van der Waals surface area contributed by atoms with Gasteiger partial charge in [-0.15, -0.1) is 11.3 Å². The van der Waals surface area contributed by atoms with E-state index in [9.17, 15) is 0 Å². The van der Waals surface area contributed by atoms with Crippen LogP contribution in [0.3, 0.4) is 0 Å². The Balaban J connectivity index is 1.70. The SMILES string of the molecule is Cc1nc(-c2ccc(CN3CCNCC3)cc2)sc1C. The molecule has 2 aromatic rings. The van der Waals surface area contributed by atoms with Crippen LogP contribution in [0.15, 0.2) is 24.3 Å². The molecule has 1 aromatic heterocycles. The van der Waals surface area contributed by atoms with E-state index in [0.29, 0.717) is 0 Å². The molecule has 0 spiro atoms. The van der Waals surface area contributed by atoms with Gasteiger partial charge in [0.2, 0.25) is 0 Å². The van der Waals surface area contributed by atoms with Crippen molar-refractivity contribution in [2.24, 2.45) is 0 Å². The number of hydrogen-bond donors (Lipinski definition) is 1. The van der Waals surface area contributed by atoms with Crippen LogP contribution in [0.1, 0.15) is 16.1 Å². The van der Waals surface area contributed by atoms with Crippen molar-refractivity contribution in [1.29, 1.82) is 0 Å². The highest BCUT2D eigenvalue weighted by Crippen LogP contribution is 2.27. The lowest BCUT2D eigenvalue weighted by molar-refractivity contribution is 0.233. The van der Waals surface area contributed by atoms with Gasteiger partial charge >= 0.3 is 0 Å². The van der Waals surface area contributed by atoms with Gasteiger partial charge in [0.05, 0.1) is 5.69 Å². The van der Waals surface area contributed by atoms with E-state index >= 15 is 0 Å². The second-order valence-corrected chi connectivity index (χ2v) is 6.59. The second kappa shape index (κ2) is 6.04. The fraction of sp³-hybridized carbons (Fsp3) is 0.438. The van der Waals surface area contributed by atoms with Crippen LogP contribution in [-0.2, 0) is 6.54 Å². The Morgan fingerprint density at radius 2 is 1.85 bits per heavy atom. The number of hydrogen-bond acceptors (Lipinski definition) is 4. The third-order valence-electron chi connectivity index (χ3n) is 3.85. The van der Waals surface area contributed by atoms with E-state index in [1.807, 2.05) is 0 Å². The van der Waals surface area contributed by atoms with Gasteiger partial charge in [-0.25, -0.2) is 4.98 Å². The first-order chi connectivity index (χ1) is 9.72. The van der Waals surface area contributed by atoms with E-state index < -0.39 is 0 Å². The Labute approximate surface area is 124 Å². The molecule has 2 heterocycles. The zero-order valence-electron chi connectivity index (χ0n) is 12.1. The van der Waals surface area contributed by atoms with E-state index in [1.165, 1.54) is 16.0 Å². The van der Waals surface area contributed by atoms with Crippen LogP contribution in [0.25, 0.3) is 10.6 Å². The van der Waals surface area contributed by atoms with Gasteiger partial charge in [-0.3, -0.25) is 4.90 Å². The average Bonchev–Trinajstić information content (AvgIpc) is 2.81. The number of thiazole rings is 1. The summed E-state index contributed by atoms with van der Waals surface area (Å²) in [5.41, 5.74) is 3.77. The largest absolute Gasteiger partial charge is 0.314 e. The van der Waals surface area contributed by atoms with Gasteiger partial charge in [-0.05, 0) is 19.4 Å². The van der Waals surface area contributed by atoms with E-state index in [-0.39, 0.29) is 0 Å². The average molecular weight is 287 g/mol. The highest BCUT2D eigenvalue weighted by atomic mass is 32.1. The van der Waals surface area contributed by atoms with Crippen molar-refractivity contribution >= 4 is 11.3 Å². The lowest BCUT2D eigenvalue weighted by atomic mass is 10.1. The molecule has 3 rings (SSSR count). The summed E-state index contributed by atoms with van der Waals surface area (Å²) in [4.78, 5) is 8.44. The molecule has 0 aliphatic carbocycles. The van der Waals surface area contributed by atoms with Crippen molar-refractivity contribution in [3.05, 3.63) is 40.4 Å². The summed E-state index contributed by atoms with van der Waals surface area (Å²) in [6.07, 6.45) is 0. The van der Waals surface area contributed by atoms with Crippen LogP contribution in [0.4, 0.5) is 0 Å². The number of nitrogens with one attached hydrogen (secondary N) is 1. The van der Waals surface area contributed by atoms with E-state index in [1.54, 1.807) is 11.3 Å². The van der Waals surface area contributed by atoms with Crippen LogP contribution in [0.2, 0.25) is 0 Å². The van der Waals surface area contributed by atoms with Gasteiger partial charge in [0.1, 0.15) is 5.01 Å². The summed E-state index contributed by atoms with van der Waals surface area (Å²) >= 11 is 1.78. The van der Waals surface area contributed by atoms with E-state index in [4.69, 9.17) is 0 Å². The molecule has 1 aromatic carbocycles. The maximum absolute atomic E-state index is 4.63. The highest BCUT2D eigenvalue weighted by Gasteiger charge is 2.10. The highest BCUT2D eigenvalue weighted by molar-refractivity contribution is 7.15. The Morgan fingerprint density at radius 1 is 1.15 bits per heavy atom. The molecule has 106 valence electrons. The molecule has 4 heteroatoms. The third kappa shape index (κ3) is 3.08. The van der Waals surface area contributed by atoms with Gasteiger partial charge in [-0.1, -0.05) is 24.3 Å². The molecule has 0 amide bonds. The van der Waals surface area contributed by atoms with Crippen molar-refractivity contribution in [1.82, 2.24) is 15.2 Å². The molecule has 1 saturated heterocycles. The molecule has 0 unspecified atom stereocenters. The first-order valence-electron chi connectivity index (χ1n) is 7.19. The van der Waals surface area contributed by atoms with E-state index in [2.05, 4.69) is 53.3 Å². The molecule has 0 bridgehead atoms. The number of nitrogens with zero attached hydrogens (tertiary/aromatic N) is 2. The molecule has 1 fully saturated rings. The molecule has 0 atom stereocenters. The smallest absolute Gasteiger partial charge is 0.123 e. The van der Waals surface area contributed by atoms with Crippen LogP contribution in [0, 0.1) is 13.8 Å². The summed E-state index contributed by atoms with van der Waals surface area (Å²) in [5.74, 6) is 0. The standard InChI is InChI=1S/C16H21N3S/c1-12-13(2)20-16(18-12)15-5-3-14(4-6-15)11-19-9-7-17-8-10-19/h3-6,17H,7-11H2,1-2H3. The Bertz CT molecular complexity index is 548. The maximum atomic E-state index is 4.63. The maximum Gasteiger partial charge on any atom is 0.123 e. The predicted molar refractivity (Wildman–Crippen MR) is 85.2 cm³/mol. The quantitative estimate of drug-likeness (QED) is 0.941. The molecule has 1 N–H and O–H groups in total. The van der Waals surface area contributed by atoms with Gasteiger partial charge in [-0.2, -0.15) is 0 Å². The summed E-state index contributed by atoms with van der Waals surface area (Å²) in [6.45, 7) is 9.77. The molecule has 0 saturated carbocycles. The second-order valence-electron chi connectivity index (χ2n) is 5.38. The summed E-state index contributed by atoms with van der Waals surface area (Å²) in [5, 5.41) is 4.52. The van der Waals surface area contributed by atoms with Crippen LogP contribution < -0.4 is 5.32 Å². The molecule has 20 heavy (non-hydrogen) atoms. The Morgan fingerprint density at radius 3 is 2.45 bits per heavy atom. The lowest BCUT2D eigenvalue weighted by Crippen LogP contribution is -2.42. The third-order valence-corrected chi connectivity index (χ3v) is 4.97. The minimum atomic E-state index is 1.05. The Hall–Kier alpha value is -1.23. The monoisotopic (exact) mass is 287 g/mol. The predicted octanol–water partition coefficient (Wildman–Crippen LogP) is 2.83. The molecule has 3 nitrogen and oxygen atoms in total. The topological polar surface area (TPSA) is 28.2 Å². The minimum Gasteiger partial charge on any atom is -0.314 e. The normalized spacial score (nSPS) is 16.5. The number of aromatic nitrogens is 1. The number of piperazine rings is 1. The summed E-state index contributed by atoms with van der Waals surface area (Å²) in [7, 11) is 0. The van der Waals surface area contributed by atoms with Crippen molar-refractivity contribution in [2.75, 3.05) is 26.2 Å². The van der Waals surface area contributed by atoms with Crippen LogP contribution >= 0.6 is 11.3 Å². The zero-order valence-corrected chi connectivity index (χ0v) is 13.0. The summed E-state index contributed by atoms with van der Waals surface area (Å²) < 4.78 is 0. The van der Waals surface area contributed by atoms with Crippen LogP contribution in [0.5, 0.6) is 0 Å². The first-order valence-corrected chi connectivity index (χ1v) is 8.00. The number of aryl methyl sites for hydroxylation is 2. The Kier molecular flexibility index (Phi) is 4.15. The summed E-state index contributed by atoms with van der Waals surface area (Å²) in [6, 6.07) is 8.89.